The van der Waals surface area contributed by atoms with Crippen LogP contribution in [0.4, 0.5) is 4.39 Å². The Hall–Kier alpha value is -1.20. The van der Waals surface area contributed by atoms with Gasteiger partial charge in [0.25, 0.3) is 0 Å². The summed E-state index contributed by atoms with van der Waals surface area (Å²) < 4.78 is 15.8. The summed E-state index contributed by atoms with van der Waals surface area (Å²) in [6.45, 7) is 4.87. The van der Waals surface area contributed by atoms with E-state index in [9.17, 15) is 9.50 Å². The van der Waals surface area contributed by atoms with Crippen LogP contribution < -0.4 is 0 Å². The van der Waals surface area contributed by atoms with Gasteiger partial charge in [0.2, 0.25) is 0 Å². The fourth-order valence-corrected chi connectivity index (χ4v) is 3.13. The van der Waals surface area contributed by atoms with E-state index in [-0.39, 0.29) is 5.82 Å². The molecule has 0 aliphatic heterocycles. The van der Waals surface area contributed by atoms with Crippen molar-refractivity contribution < 1.29 is 9.50 Å². The van der Waals surface area contributed by atoms with Gasteiger partial charge in [-0.05, 0) is 53.4 Å². The summed E-state index contributed by atoms with van der Waals surface area (Å²) in [6, 6.07) is 6.26. The first-order valence-electron chi connectivity index (χ1n) is 7.21. The Labute approximate surface area is 132 Å². The number of rotatable bonds is 6. The lowest BCUT2D eigenvalue weighted by Gasteiger charge is -2.12. The number of halogens is 2. The second-order valence-electron chi connectivity index (χ2n) is 5.07. The van der Waals surface area contributed by atoms with E-state index in [0.717, 1.165) is 34.4 Å². The highest BCUT2D eigenvalue weighted by molar-refractivity contribution is 9.10. The number of hydrogen-bond acceptors (Lipinski definition) is 2. The summed E-state index contributed by atoms with van der Waals surface area (Å²) in [5, 5.41) is 14.8. The van der Waals surface area contributed by atoms with Crippen LogP contribution in [0, 0.1) is 5.82 Å². The quantitative estimate of drug-likeness (QED) is 0.861. The van der Waals surface area contributed by atoms with E-state index >= 15 is 0 Å². The van der Waals surface area contributed by atoms with E-state index in [1.54, 1.807) is 12.1 Å². The Morgan fingerprint density at radius 2 is 1.90 bits per heavy atom. The van der Waals surface area contributed by atoms with Crippen molar-refractivity contribution in [2.24, 2.45) is 0 Å². The van der Waals surface area contributed by atoms with Gasteiger partial charge >= 0.3 is 0 Å². The number of hydrogen-bond donors (Lipinski definition) is 1. The zero-order valence-corrected chi connectivity index (χ0v) is 13.9. The summed E-state index contributed by atoms with van der Waals surface area (Å²) in [4.78, 5) is 0. The van der Waals surface area contributed by atoms with Gasteiger partial charge in [0.15, 0.2) is 0 Å². The average molecular weight is 355 g/mol. The predicted octanol–water partition coefficient (Wildman–Crippen LogP) is 3.51. The van der Waals surface area contributed by atoms with E-state index in [4.69, 9.17) is 0 Å². The zero-order chi connectivity index (χ0) is 15.4. The standard InChI is InChI=1S/C16H20BrFN2O/c1-3-14-16(17)15(20(4-2)19-14)10-13(21)9-11-5-7-12(18)8-6-11/h5-8,13,21H,3-4,9-10H2,1-2H3. The van der Waals surface area contributed by atoms with Crippen molar-refractivity contribution >= 4 is 15.9 Å². The van der Waals surface area contributed by atoms with Gasteiger partial charge in [-0.2, -0.15) is 5.10 Å². The van der Waals surface area contributed by atoms with Crippen LogP contribution in [0.15, 0.2) is 28.7 Å². The molecule has 0 aliphatic rings. The molecule has 0 fully saturated rings. The topological polar surface area (TPSA) is 38.0 Å². The zero-order valence-electron chi connectivity index (χ0n) is 12.3. The Bertz CT molecular complexity index is 595. The van der Waals surface area contributed by atoms with Gasteiger partial charge in [0.05, 0.1) is 22.0 Å². The summed E-state index contributed by atoms with van der Waals surface area (Å²) in [7, 11) is 0. The molecule has 1 unspecified atom stereocenters. The van der Waals surface area contributed by atoms with Crippen LogP contribution in [0.1, 0.15) is 30.8 Å². The van der Waals surface area contributed by atoms with Crippen molar-refractivity contribution in [3.8, 4) is 0 Å². The number of aliphatic hydroxyl groups is 1. The highest BCUT2D eigenvalue weighted by atomic mass is 79.9. The van der Waals surface area contributed by atoms with Crippen LogP contribution in [-0.2, 0) is 25.8 Å². The van der Waals surface area contributed by atoms with Crippen molar-refractivity contribution in [3.05, 3.63) is 51.5 Å². The lowest BCUT2D eigenvalue weighted by Crippen LogP contribution is -2.17. The number of benzene rings is 1. The molecule has 0 bridgehead atoms. The molecule has 1 N–H and O–H groups in total. The van der Waals surface area contributed by atoms with E-state index in [1.165, 1.54) is 12.1 Å². The van der Waals surface area contributed by atoms with Gasteiger partial charge in [-0.3, -0.25) is 4.68 Å². The van der Waals surface area contributed by atoms with Crippen LogP contribution in [0.3, 0.4) is 0 Å². The molecular formula is C16H20BrFN2O. The Morgan fingerprint density at radius 1 is 1.24 bits per heavy atom. The van der Waals surface area contributed by atoms with Gasteiger partial charge in [-0.15, -0.1) is 0 Å². The van der Waals surface area contributed by atoms with Crippen LogP contribution in [0.2, 0.25) is 0 Å². The molecule has 1 atom stereocenters. The molecule has 0 radical (unpaired) electrons. The molecule has 2 rings (SSSR count). The summed E-state index contributed by atoms with van der Waals surface area (Å²) >= 11 is 3.58. The fourth-order valence-electron chi connectivity index (χ4n) is 2.40. The van der Waals surface area contributed by atoms with Gasteiger partial charge in [0.1, 0.15) is 5.82 Å². The van der Waals surface area contributed by atoms with Crippen LogP contribution in [0.5, 0.6) is 0 Å². The Balaban J connectivity index is 2.10. The molecule has 0 amide bonds. The van der Waals surface area contributed by atoms with E-state index in [1.807, 2.05) is 11.6 Å². The molecule has 0 aliphatic carbocycles. The van der Waals surface area contributed by atoms with Gasteiger partial charge in [0, 0.05) is 13.0 Å². The average Bonchev–Trinajstić information content (AvgIpc) is 2.77. The van der Waals surface area contributed by atoms with Crippen molar-refractivity contribution in [2.45, 2.75) is 45.8 Å². The van der Waals surface area contributed by atoms with Crippen LogP contribution in [-0.4, -0.2) is 21.0 Å². The normalized spacial score (nSPS) is 12.6. The third-order valence-electron chi connectivity index (χ3n) is 3.51. The molecule has 1 aromatic heterocycles. The maximum atomic E-state index is 12.9. The van der Waals surface area contributed by atoms with Gasteiger partial charge in [-0.25, -0.2) is 4.39 Å². The fraction of sp³-hybridized carbons (Fsp3) is 0.438. The molecular weight excluding hydrogens is 335 g/mol. The molecule has 2 aromatic rings. The Kier molecular flexibility index (Phi) is 5.53. The van der Waals surface area contributed by atoms with Crippen LogP contribution in [0.25, 0.3) is 0 Å². The summed E-state index contributed by atoms with van der Waals surface area (Å²) in [5.74, 6) is -0.257. The third-order valence-corrected chi connectivity index (χ3v) is 4.42. The summed E-state index contributed by atoms with van der Waals surface area (Å²) in [6.07, 6.45) is 1.37. The number of nitrogens with zero attached hydrogens (tertiary/aromatic N) is 2. The van der Waals surface area contributed by atoms with Crippen molar-refractivity contribution in [1.82, 2.24) is 9.78 Å². The molecule has 1 aromatic carbocycles. The van der Waals surface area contributed by atoms with Crippen molar-refractivity contribution in [3.63, 3.8) is 0 Å². The SMILES string of the molecule is CCc1nn(CC)c(CC(O)Cc2ccc(F)cc2)c1Br. The molecule has 114 valence electrons. The molecule has 0 spiro atoms. The molecule has 5 heteroatoms. The van der Waals surface area contributed by atoms with E-state index < -0.39 is 6.10 Å². The smallest absolute Gasteiger partial charge is 0.123 e. The first kappa shape index (κ1) is 16.2. The molecule has 0 saturated carbocycles. The lowest BCUT2D eigenvalue weighted by atomic mass is 10.0. The van der Waals surface area contributed by atoms with Crippen molar-refractivity contribution in [2.75, 3.05) is 0 Å². The molecule has 0 saturated heterocycles. The van der Waals surface area contributed by atoms with Crippen molar-refractivity contribution in [1.29, 1.82) is 0 Å². The predicted molar refractivity (Wildman–Crippen MR) is 84.8 cm³/mol. The first-order valence-corrected chi connectivity index (χ1v) is 8.01. The molecule has 21 heavy (non-hydrogen) atoms. The van der Waals surface area contributed by atoms with E-state index in [0.29, 0.717) is 12.8 Å². The molecule has 3 nitrogen and oxygen atoms in total. The largest absolute Gasteiger partial charge is 0.392 e. The number of aromatic nitrogens is 2. The first-order chi connectivity index (χ1) is 10.0. The third kappa shape index (κ3) is 3.92. The minimum Gasteiger partial charge on any atom is -0.392 e. The van der Waals surface area contributed by atoms with Gasteiger partial charge in [-0.1, -0.05) is 19.1 Å². The van der Waals surface area contributed by atoms with Gasteiger partial charge < -0.3 is 5.11 Å². The Morgan fingerprint density at radius 3 is 2.48 bits per heavy atom. The minimum atomic E-state index is -0.515. The minimum absolute atomic E-state index is 0.257. The van der Waals surface area contributed by atoms with Crippen LogP contribution >= 0.6 is 15.9 Å². The monoisotopic (exact) mass is 354 g/mol. The van der Waals surface area contributed by atoms with E-state index in [2.05, 4.69) is 28.0 Å². The lowest BCUT2D eigenvalue weighted by molar-refractivity contribution is 0.172. The second kappa shape index (κ2) is 7.18. The number of aliphatic hydroxyl groups excluding tert-OH is 1. The second-order valence-corrected chi connectivity index (χ2v) is 5.86. The number of aryl methyl sites for hydroxylation is 2. The highest BCUT2D eigenvalue weighted by Gasteiger charge is 2.17. The molecule has 1 heterocycles. The highest BCUT2D eigenvalue weighted by Crippen LogP contribution is 2.24. The maximum Gasteiger partial charge on any atom is 0.123 e. The maximum absolute atomic E-state index is 12.9. The summed E-state index contributed by atoms with van der Waals surface area (Å²) in [5.41, 5.74) is 2.96.